The van der Waals surface area contributed by atoms with Crippen molar-refractivity contribution >= 4 is 5.96 Å². The Morgan fingerprint density at radius 2 is 2.25 bits per heavy atom. The summed E-state index contributed by atoms with van der Waals surface area (Å²) in [6.45, 7) is 8.07. The molecule has 1 aliphatic heterocycles. The Kier molecular flexibility index (Phi) is 7.82. The lowest BCUT2D eigenvalue weighted by Gasteiger charge is -2.13. The van der Waals surface area contributed by atoms with E-state index >= 15 is 0 Å². The van der Waals surface area contributed by atoms with Gasteiger partial charge in [0.2, 0.25) is 0 Å². The van der Waals surface area contributed by atoms with Gasteiger partial charge in [0.15, 0.2) is 5.96 Å². The second-order valence-corrected chi connectivity index (χ2v) is 6.15. The van der Waals surface area contributed by atoms with Crippen molar-refractivity contribution in [2.75, 3.05) is 26.2 Å². The summed E-state index contributed by atoms with van der Waals surface area (Å²) in [7, 11) is 0. The Balaban J connectivity index is 1.70. The van der Waals surface area contributed by atoms with E-state index in [1.165, 1.54) is 0 Å². The van der Waals surface area contributed by atoms with E-state index in [1.54, 1.807) is 6.07 Å². The highest BCUT2D eigenvalue weighted by Crippen LogP contribution is 2.11. The van der Waals surface area contributed by atoms with Gasteiger partial charge in [-0.2, -0.15) is 0 Å². The van der Waals surface area contributed by atoms with Crippen LogP contribution in [0, 0.1) is 6.92 Å². The fourth-order valence-corrected chi connectivity index (χ4v) is 2.83. The molecule has 1 unspecified atom stereocenters. The average Bonchev–Trinajstić information content (AvgIpc) is 3.08. The number of pyridine rings is 1. The first kappa shape index (κ1) is 18.5. The number of aryl methyl sites for hydroxylation is 1. The van der Waals surface area contributed by atoms with Crippen molar-refractivity contribution in [1.82, 2.24) is 15.2 Å². The van der Waals surface area contributed by atoms with Gasteiger partial charge in [0.1, 0.15) is 0 Å². The first-order chi connectivity index (χ1) is 11.7. The zero-order valence-corrected chi connectivity index (χ0v) is 14.9. The van der Waals surface area contributed by atoms with Crippen molar-refractivity contribution in [3.8, 4) is 0 Å². The SMILES string of the molecule is CCNC(=NCC1CCCO1)NCCCCn1c(C)cccc1=O. The minimum absolute atomic E-state index is 0.0782. The Bertz CT molecular complexity index is 577. The highest BCUT2D eigenvalue weighted by Gasteiger charge is 2.14. The van der Waals surface area contributed by atoms with E-state index in [9.17, 15) is 4.79 Å². The zero-order valence-electron chi connectivity index (χ0n) is 14.9. The molecule has 1 aromatic heterocycles. The second kappa shape index (κ2) is 10.1. The molecule has 1 atom stereocenters. The van der Waals surface area contributed by atoms with Crippen LogP contribution in [0.1, 0.15) is 38.3 Å². The van der Waals surface area contributed by atoms with Crippen molar-refractivity contribution in [3.63, 3.8) is 0 Å². The molecule has 2 rings (SSSR count). The van der Waals surface area contributed by atoms with E-state index in [2.05, 4.69) is 22.5 Å². The third-order valence-corrected chi connectivity index (χ3v) is 4.19. The quantitative estimate of drug-likeness (QED) is 0.431. The highest BCUT2D eigenvalue weighted by molar-refractivity contribution is 5.79. The molecule has 2 N–H and O–H groups in total. The van der Waals surface area contributed by atoms with Crippen LogP contribution in [0.3, 0.4) is 0 Å². The number of hydrogen-bond donors (Lipinski definition) is 2. The van der Waals surface area contributed by atoms with Crippen LogP contribution in [-0.2, 0) is 11.3 Å². The van der Waals surface area contributed by atoms with Gasteiger partial charge in [0.25, 0.3) is 5.56 Å². The molecule has 134 valence electrons. The predicted octanol–water partition coefficient (Wildman–Crippen LogP) is 1.67. The Morgan fingerprint density at radius 1 is 1.38 bits per heavy atom. The number of aliphatic imine (C=N–C) groups is 1. The number of hydrogen-bond acceptors (Lipinski definition) is 3. The fraction of sp³-hybridized carbons (Fsp3) is 0.667. The van der Waals surface area contributed by atoms with E-state index < -0.39 is 0 Å². The molecule has 1 fully saturated rings. The monoisotopic (exact) mass is 334 g/mol. The number of nitrogens with zero attached hydrogens (tertiary/aromatic N) is 2. The molecule has 0 aromatic carbocycles. The maximum absolute atomic E-state index is 11.8. The number of rotatable bonds is 8. The van der Waals surface area contributed by atoms with Gasteiger partial charge in [-0.15, -0.1) is 0 Å². The molecular formula is C18H30N4O2. The standard InChI is InChI=1S/C18H30N4O2/c1-3-19-18(21-14-16-9-7-13-24-16)20-11-4-5-12-22-15(2)8-6-10-17(22)23/h6,8,10,16H,3-5,7,9,11-14H2,1-2H3,(H2,19,20,21). The molecule has 24 heavy (non-hydrogen) atoms. The second-order valence-electron chi connectivity index (χ2n) is 6.15. The summed E-state index contributed by atoms with van der Waals surface area (Å²) in [5.74, 6) is 0.848. The van der Waals surface area contributed by atoms with E-state index in [0.717, 1.165) is 63.6 Å². The van der Waals surface area contributed by atoms with Gasteiger partial charge in [-0.3, -0.25) is 9.79 Å². The number of ether oxygens (including phenoxy) is 1. The van der Waals surface area contributed by atoms with Gasteiger partial charge in [-0.05, 0) is 45.6 Å². The maximum Gasteiger partial charge on any atom is 0.250 e. The van der Waals surface area contributed by atoms with Crippen molar-refractivity contribution in [1.29, 1.82) is 0 Å². The Morgan fingerprint density at radius 3 is 2.96 bits per heavy atom. The van der Waals surface area contributed by atoms with Crippen LogP contribution in [0.15, 0.2) is 28.0 Å². The highest BCUT2D eigenvalue weighted by atomic mass is 16.5. The van der Waals surface area contributed by atoms with Crippen LogP contribution < -0.4 is 16.2 Å². The number of guanidine groups is 1. The summed E-state index contributed by atoms with van der Waals surface area (Å²) in [6, 6.07) is 5.40. The topological polar surface area (TPSA) is 67.7 Å². The van der Waals surface area contributed by atoms with Crippen LogP contribution in [-0.4, -0.2) is 42.9 Å². The molecule has 2 heterocycles. The van der Waals surface area contributed by atoms with Gasteiger partial charge < -0.3 is 19.9 Å². The Hall–Kier alpha value is -1.82. The van der Waals surface area contributed by atoms with Gasteiger partial charge in [-0.25, -0.2) is 0 Å². The van der Waals surface area contributed by atoms with Gasteiger partial charge >= 0.3 is 0 Å². The van der Waals surface area contributed by atoms with Crippen LogP contribution >= 0.6 is 0 Å². The zero-order chi connectivity index (χ0) is 17.2. The molecule has 0 aliphatic carbocycles. The fourth-order valence-electron chi connectivity index (χ4n) is 2.83. The normalized spacial score (nSPS) is 17.9. The number of aromatic nitrogens is 1. The molecular weight excluding hydrogens is 304 g/mol. The summed E-state index contributed by atoms with van der Waals surface area (Å²) in [5, 5.41) is 6.62. The van der Waals surface area contributed by atoms with Crippen molar-refractivity contribution in [2.45, 2.75) is 52.2 Å². The third-order valence-electron chi connectivity index (χ3n) is 4.19. The van der Waals surface area contributed by atoms with E-state index in [-0.39, 0.29) is 11.7 Å². The summed E-state index contributed by atoms with van der Waals surface area (Å²) in [6.07, 6.45) is 4.47. The van der Waals surface area contributed by atoms with Crippen molar-refractivity contribution in [2.24, 2.45) is 4.99 Å². The molecule has 6 nitrogen and oxygen atoms in total. The molecule has 0 amide bonds. The lowest BCUT2D eigenvalue weighted by molar-refractivity contribution is 0.117. The van der Waals surface area contributed by atoms with Crippen molar-refractivity contribution in [3.05, 3.63) is 34.2 Å². The molecule has 1 aromatic rings. The largest absolute Gasteiger partial charge is 0.376 e. The van der Waals surface area contributed by atoms with Crippen molar-refractivity contribution < 1.29 is 4.74 Å². The molecule has 0 spiro atoms. The summed E-state index contributed by atoms with van der Waals surface area (Å²) in [5.41, 5.74) is 1.09. The smallest absolute Gasteiger partial charge is 0.250 e. The predicted molar refractivity (Wildman–Crippen MR) is 97.6 cm³/mol. The van der Waals surface area contributed by atoms with Gasteiger partial charge in [-0.1, -0.05) is 6.07 Å². The lowest BCUT2D eigenvalue weighted by atomic mass is 10.2. The number of unbranched alkanes of at least 4 members (excludes halogenated alkanes) is 1. The van der Waals surface area contributed by atoms with Gasteiger partial charge in [0, 0.05) is 38.0 Å². The van der Waals surface area contributed by atoms with Crippen LogP contribution in [0.25, 0.3) is 0 Å². The maximum atomic E-state index is 11.8. The summed E-state index contributed by atoms with van der Waals surface area (Å²) >= 11 is 0. The van der Waals surface area contributed by atoms with Crippen LogP contribution in [0.2, 0.25) is 0 Å². The van der Waals surface area contributed by atoms with E-state index in [0.29, 0.717) is 6.54 Å². The van der Waals surface area contributed by atoms with Crippen LogP contribution in [0.4, 0.5) is 0 Å². The van der Waals surface area contributed by atoms with Crippen LogP contribution in [0.5, 0.6) is 0 Å². The molecule has 6 heteroatoms. The minimum atomic E-state index is 0.0782. The van der Waals surface area contributed by atoms with Gasteiger partial charge in [0.05, 0.1) is 12.6 Å². The van der Waals surface area contributed by atoms with E-state index in [1.807, 2.05) is 23.6 Å². The first-order valence-electron chi connectivity index (χ1n) is 9.01. The average molecular weight is 334 g/mol. The Labute approximate surface area is 144 Å². The number of nitrogens with one attached hydrogen (secondary N) is 2. The first-order valence-corrected chi connectivity index (χ1v) is 9.01. The molecule has 1 aliphatic rings. The summed E-state index contributed by atoms with van der Waals surface area (Å²) < 4.78 is 7.43. The summed E-state index contributed by atoms with van der Waals surface area (Å²) in [4.78, 5) is 16.4. The third kappa shape index (κ3) is 6.00. The van der Waals surface area contributed by atoms with E-state index in [4.69, 9.17) is 4.74 Å². The molecule has 0 saturated carbocycles. The minimum Gasteiger partial charge on any atom is -0.376 e. The molecule has 0 bridgehead atoms. The molecule has 1 saturated heterocycles. The lowest BCUT2D eigenvalue weighted by Crippen LogP contribution is -2.38. The molecule has 0 radical (unpaired) electrons.